The molecule has 0 fully saturated rings. The molecule has 1 aromatic heterocycles. The maximum absolute atomic E-state index is 5.78. The number of hydrogen-bond acceptors (Lipinski definition) is 5. The van der Waals surface area contributed by atoms with Gasteiger partial charge in [-0.25, -0.2) is 0 Å². The van der Waals surface area contributed by atoms with E-state index in [4.69, 9.17) is 10.3 Å². The van der Waals surface area contributed by atoms with Crippen LogP contribution in [0.25, 0.3) is 0 Å². The summed E-state index contributed by atoms with van der Waals surface area (Å²) in [6.07, 6.45) is 2.93. The lowest BCUT2D eigenvalue weighted by atomic mass is 10.2. The van der Waals surface area contributed by atoms with Gasteiger partial charge in [0, 0.05) is 0 Å². The first kappa shape index (κ1) is 9.54. The normalized spacial score (nSPS) is 13.2. The minimum atomic E-state index is -0.112. The van der Waals surface area contributed by atoms with Gasteiger partial charge in [0.2, 0.25) is 5.89 Å². The predicted octanol–water partition coefficient (Wildman–Crippen LogP) is 1.13. The Balaban J connectivity index is 2.47. The van der Waals surface area contributed by atoms with Crippen molar-refractivity contribution in [1.29, 1.82) is 0 Å². The molecule has 0 aromatic carbocycles. The second-order valence-corrected chi connectivity index (χ2v) is 3.55. The van der Waals surface area contributed by atoms with Gasteiger partial charge in [0.1, 0.15) is 0 Å². The number of nitrogens with two attached hydrogens (primary N) is 1. The Morgan fingerprint density at radius 2 is 2.42 bits per heavy atom. The van der Waals surface area contributed by atoms with E-state index in [0.29, 0.717) is 11.7 Å². The van der Waals surface area contributed by atoms with E-state index in [9.17, 15) is 0 Å². The highest BCUT2D eigenvalue weighted by molar-refractivity contribution is 7.98. The highest BCUT2D eigenvalue weighted by atomic mass is 32.2. The minimum absolute atomic E-state index is 0.112. The number of aromatic nitrogens is 2. The molecule has 1 atom stereocenters. The van der Waals surface area contributed by atoms with Crippen LogP contribution in [0.3, 0.4) is 0 Å². The average Bonchev–Trinajstić information content (AvgIpc) is 2.47. The van der Waals surface area contributed by atoms with Gasteiger partial charge in [-0.3, -0.25) is 0 Å². The van der Waals surface area contributed by atoms with E-state index in [2.05, 4.69) is 10.1 Å². The van der Waals surface area contributed by atoms with Crippen LogP contribution >= 0.6 is 11.8 Å². The smallest absolute Gasteiger partial charge is 0.243 e. The van der Waals surface area contributed by atoms with E-state index < -0.39 is 0 Å². The van der Waals surface area contributed by atoms with Crippen molar-refractivity contribution in [3.8, 4) is 0 Å². The molecule has 0 radical (unpaired) electrons. The van der Waals surface area contributed by atoms with E-state index in [-0.39, 0.29) is 6.04 Å². The first-order chi connectivity index (χ1) is 5.74. The number of hydrogen-bond donors (Lipinski definition) is 1. The lowest BCUT2D eigenvalue weighted by molar-refractivity contribution is 0.350. The van der Waals surface area contributed by atoms with Crippen molar-refractivity contribution < 1.29 is 4.52 Å². The lowest BCUT2D eigenvalue weighted by Crippen LogP contribution is -2.11. The number of nitrogens with zero attached hydrogens (tertiary/aromatic N) is 2. The van der Waals surface area contributed by atoms with Gasteiger partial charge in [0.05, 0.1) is 6.04 Å². The van der Waals surface area contributed by atoms with Crippen LogP contribution in [-0.4, -0.2) is 22.1 Å². The van der Waals surface area contributed by atoms with Crippen LogP contribution in [0.1, 0.15) is 24.2 Å². The maximum Gasteiger partial charge on any atom is 0.243 e. The molecule has 1 heterocycles. The molecule has 0 spiro atoms. The molecule has 1 aromatic rings. The fraction of sp³-hybridized carbons (Fsp3) is 0.714. The average molecular weight is 187 g/mol. The van der Waals surface area contributed by atoms with Crippen LogP contribution in [0.2, 0.25) is 0 Å². The molecule has 0 saturated heterocycles. The van der Waals surface area contributed by atoms with Crippen molar-refractivity contribution in [3.05, 3.63) is 11.7 Å². The lowest BCUT2D eigenvalue weighted by Gasteiger charge is -2.03. The van der Waals surface area contributed by atoms with Crippen LogP contribution in [0.4, 0.5) is 0 Å². The quantitative estimate of drug-likeness (QED) is 0.765. The van der Waals surface area contributed by atoms with Crippen LogP contribution in [0.15, 0.2) is 4.52 Å². The van der Waals surface area contributed by atoms with Gasteiger partial charge in [-0.15, -0.1) is 0 Å². The summed E-state index contributed by atoms with van der Waals surface area (Å²) in [5, 5.41) is 3.67. The van der Waals surface area contributed by atoms with Crippen molar-refractivity contribution in [3.63, 3.8) is 0 Å². The van der Waals surface area contributed by atoms with Gasteiger partial charge in [-0.2, -0.15) is 16.7 Å². The number of rotatable bonds is 4. The van der Waals surface area contributed by atoms with Gasteiger partial charge in [0.15, 0.2) is 5.82 Å². The van der Waals surface area contributed by atoms with Crippen molar-refractivity contribution >= 4 is 11.8 Å². The molecule has 0 saturated carbocycles. The first-order valence-electron chi connectivity index (χ1n) is 3.78. The summed E-state index contributed by atoms with van der Waals surface area (Å²) < 4.78 is 4.93. The summed E-state index contributed by atoms with van der Waals surface area (Å²) in [7, 11) is 0. The topological polar surface area (TPSA) is 64.9 Å². The van der Waals surface area contributed by atoms with E-state index in [1.54, 1.807) is 18.7 Å². The van der Waals surface area contributed by atoms with Crippen molar-refractivity contribution in [2.24, 2.45) is 5.73 Å². The Morgan fingerprint density at radius 1 is 1.67 bits per heavy atom. The number of thioether (sulfide) groups is 1. The molecule has 0 bridgehead atoms. The third kappa shape index (κ3) is 2.49. The summed E-state index contributed by atoms with van der Waals surface area (Å²) in [6.45, 7) is 1.79. The zero-order valence-electron chi connectivity index (χ0n) is 7.28. The van der Waals surface area contributed by atoms with E-state index in [1.165, 1.54) is 0 Å². The van der Waals surface area contributed by atoms with Gasteiger partial charge >= 0.3 is 0 Å². The molecular formula is C7H13N3OS. The van der Waals surface area contributed by atoms with Crippen molar-refractivity contribution in [2.75, 3.05) is 12.0 Å². The summed E-state index contributed by atoms with van der Waals surface area (Å²) >= 11 is 1.76. The van der Waals surface area contributed by atoms with Crippen LogP contribution < -0.4 is 5.73 Å². The largest absolute Gasteiger partial charge is 0.338 e. The van der Waals surface area contributed by atoms with Crippen molar-refractivity contribution in [1.82, 2.24) is 10.1 Å². The van der Waals surface area contributed by atoms with Gasteiger partial charge in [-0.05, 0) is 25.4 Å². The highest BCUT2D eigenvalue weighted by Gasteiger charge is 2.11. The Hall–Kier alpha value is -0.550. The summed E-state index contributed by atoms with van der Waals surface area (Å²) in [5.74, 6) is 2.20. The molecule has 0 aliphatic carbocycles. The molecule has 0 amide bonds. The monoisotopic (exact) mass is 187 g/mol. The minimum Gasteiger partial charge on any atom is -0.338 e. The van der Waals surface area contributed by atoms with E-state index in [1.807, 2.05) is 6.26 Å². The Bertz CT molecular complexity index is 238. The molecule has 68 valence electrons. The molecular weight excluding hydrogens is 174 g/mol. The zero-order valence-corrected chi connectivity index (χ0v) is 8.10. The first-order valence-corrected chi connectivity index (χ1v) is 5.18. The number of aryl methyl sites for hydroxylation is 1. The Labute approximate surface area is 75.9 Å². The van der Waals surface area contributed by atoms with E-state index in [0.717, 1.165) is 12.2 Å². The van der Waals surface area contributed by atoms with Gasteiger partial charge in [-0.1, -0.05) is 5.16 Å². The van der Waals surface area contributed by atoms with Crippen LogP contribution in [-0.2, 0) is 0 Å². The standard InChI is InChI=1S/C7H13N3OS/c1-5-9-7(11-10-5)6(8)3-4-12-2/h6H,3-4,8H2,1-2H3/t6-/m0/s1. The maximum atomic E-state index is 5.78. The Kier molecular flexibility index (Phi) is 3.55. The van der Waals surface area contributed by atoms with Crippen LogP contribution in [0.5, 0.6) is 0 Å². The fourth-order valence-corrected chi connectivity index (χ4v) is 1.32. The van der Waals surface area contributed by atoms with Crippen molar-refractivity contribution in [2.45, 2.75) is 19.4 Å². The summed E-state index contributed by atoms with van der Waals surface area (Å²) in [6, 6.07) is -0.112. The molecule has 0 aliphatic heterocycles. The molecule has 2 N–H and O–H groups in total. The molecule has 1 rings (SSSR count). The highest BCUT2D eigenvalue weighted by Crippen LogP contribution is 2.13. The molecule has 12 heavy (non-hydrogen) atoms. The summed E-state index contributed by atoms with van der Waals surface area (Å²) in [4.78, 5) is 4.05. The van der Waals surface area contributed by atoms with Gasteiger partial charge < -0.3 is 10.3 Å². The fourth-order valence-electron chi connectivity index (χ4n) is 0.832. The molecule has 0 aliphatic rings. The molecule has 4 nitrogen and oxygen atoms in total. The Morgan fingerprint density at radius 3 is 2.92 bits per heavy atom. The van der Waals surface area contributed by atoms with E-state index >= 15 is 0 Å². The van der Waals surface area contributed by atoms with Gasteiger partial charge in [0.25, 0.3) is 0 Å². The zero-order chi connectivity index (χ0) is 8.97. The van der Waals surface area contributed by atoms with Crippen LogP contribution in [0, 0.1) is 6.92 Å². The predicted molar refractivity (Wildman–Crippen MR) is 49.0 cm³/mol. The SMILES string of the molecule is CSCC[C@H](N)c1nc(C)no1. The third-order valence-electron chi connectivity index (χ3n) is 1.49. The molecule has 5 heteroatoms. The summed E-state index contributed by atoms with van der Waals surface area (Å²) in [5.41, 5.74) is 5.78. The molecule has 0 unspecified atom stereocenters. The second kappa shape index (κ2) is 4.47. The second-order valence-electron chi connectivity index (χ2n) is 2.57. The third-order valence-corrected chi connectivity index (χ3v) is 2.14.